The largest absolute Gasteiger partial charge is 0.311 e. The van der Waals surface area contributed by atoms with Crippen LogP contribution in [0.2, 0.25) is 0 Å². The lowest BCUT2D eigenvalue weighted by molar-refractivity contribution is 1.24. The van der Waals surface area contributed by atoms with Crippen LogP contribution in [0, 0.1) is 13.8 Å². The summed E-state index contributed by atoms with van der Waals surface area (Å²) >= 11 is 0. The molecule has 0 aliphatic carbocycles. The Morgan fingerprint density at radius 2 is 0.318 bits per heavy atom. The summed E-state index contributed by atoms with van der Waals surface area (Å²) in [5, 5.41) is 0. The second-order valence-corrected chi connectivity index (χ2v) is 16.5. The summed E-state index contributed by atoms with van der Waals surface area (Å²) in [7, 11) is 0. The van der Waals surface area contributed by atoms with Gasteiger partial charge in [0.1, 0.15) is 0 Å². The molecule has 0 aliphatic heterocycles. The first-order chi connectivity index (χ1) is 32.6. The van der Waals surface area contributed by atoms with Crippen LogP contribution in [0.15, 0.2) is 267 Å². The lowest BCUT2D eigenvalue weighted by Crippen LogP contribution is -2.13. The van der Waals surface area contributed by atoms with Gasteiger partial charge in [0.2, 0.25) is 0 Å². The summed E-state index contributed by atoms with van der Waals surface area (Å²) in [6.07, 6.45) is 0. The predicted octanol–water partition coefficient (Wildman–Crippen LogP) is 17.8. The Morgan fingerprint density at radius 1 is 0.167 bits per heavy atom. The van der Waals surface area contributed by atoms with Crippen LogP contribution in [0.4, 0.5) is 68.2 Å². The highest BCUT2D eigenvalue weighted by molar-refractivity contribution is 5.85. The van der Waals surface area contributed by atoms with Gasteiger partial charge in [-0.2, -0.15) is 0 Å². The van der Waals surface area contributed by atoms with Gasteiger partial charge in [-0.3, -0.25) is 0 Å². The first-order valence-electron chi connectivity index (χ1n) is 22.5. The molecule has 0 N–H and O–H groups in total. The van der Waals surface area contributed by atoms with Crippen LogP contribution in [0.1, 0.15) is 11.1 Å². The van der Waals surface area contributed by atoms with Crippen LogP contribution >= 0.6 is 0 Å². The minimum Gasteiger partial charge on any atom is -0.311 e. The predicted molar refractivity (Wildman–Crippen MR) is 280 cm³/mol. The van der Waals surface area contributed by atoms with Crippen molar-refractivity contribution in [1.82, 2.24) is 0 Å². The number of rotatable bonds is 13. The van der Waals surface area contributed by atoms with Crippen molar-refractivity contribution in [2.24, 2.45) is 0 Å². The topological polar surface area (TPSA) is 13.0 Å². The number of anilines is 12. The molecule has 0 fully saturated rings. The number of para-hydroxylation sites is 4. The maximum atomic E-state index is 2.34. The van der Waals surface area contributed by atoms with Crippen molar-refractivity contribution < 1.29 is 0 Å². The minimum absolute atomic E-state index is 1.06. The van der Waals surface area contributed by atoms with Gasteiger partial charge in [-0.05, 0) is 171 Å². The summed E-state index contributed by atoms with van der Waals surface area (Å²) in [5.74, 6) is 0. The Balaban J connectivity index is 1.00. The number of hydrogen-bond donors (Lipinski definition) is 0. The van der Waals surface area contributed by atoms with Crippen LogP contribution in [0.5, 0.6) is 0 Å². The van der Waals surface area contributed by atoms with E-state index < -0.39 is 0 Å². The molecular formula is C62H50N4. The summed E-state index contributed by atoms with van der Waals surface area (Å²) in [6.45, 7) is 4.26. The summed E-state index contributed by atoms with van der Waals surface area (Å²) in [5.41, 5.74) is 17.9. The highest BCUT2D eigenvalue weighted by Gasteiger charge is 2.19. The van der Waals surface area contributed by atoms with E-state index >= 15 is 0 Å². The molecule has 0 atom stereocenters. The van der Waals surface area contributed by atoms with Crippen molar-refractivity contribution in [2.75, 3.05) is 19.6 Å². The zero-order chi connectivity index (χ0) is 44.7. The fourth-order valence-corrected chi connectivity index (χ4v) is 8.59. The molecule has 0 bridgehead atoms. The summed E-state index contributed by atoms with van der Waals surface area (Å²) in [4.78, 5) is 9.25. The molecule has 10 aromatic rings. The quantitative estimate of drug-likeness (QED) is 0.115. The van der Waals surface area contributed by atoms with Gasteiger partial charge in [0.05, 0.1) is 0 Å². The highest BCUT2D eigenvalue weighted by Crippen LogP contribution is 2.42. The monoisotopic (exact) mass is 850 g/mol. The van der Waals surface area contributed by atoms with Gasteiger partial charge in [0.25, 0.3) is 0 Å². The first-order valence-corrected chi connectivity index (χ1v) is 22.5. The van der Waals surface area contributed by atoms with Gasteiger partial charge in [-0.25, -0.2) is 0 Å². The van der Waals surface area contributed by atoms with Crippen molar-refractivity contribution in [3.05, 3.63) is 278 Å². The van der Waals surface area contributed by atoms with E-state index in [4.69, 9.17) is 0 Å². The van der Waals surface area contributed by atoms with E-state index in [1.165, 1.54) is 11.1 Å². The molecule has 0 heterocycles. The van der Waals surface area contributed by atoms with Crippen molar-refractivity contribution in [2.45, 2.75) is 13.8 Å². The van der Waals surface area contributed by atoms with Gasteiger partial charge in [-0.1, -0.05) is 132 Å². The van der Waals surface area contributed by atoms with Gasteiger partial charge in [-0.15, -0.1) is 0 Å². The van der Waals surface area contributed by atoms with Crippen molar-refractivity contribution in [3.63, 3.8) is 0 Å². The van der Waals surface area contributed by atoms with E-state index in [1.807, 2.05) is 0 Å². The van der Waals surface area contributed by atoms with Gasteiger partial charge in [0.15, 0.2) is 0 Å². The molecule has 4 nitrogen and oxygen atoms in total. The smallest absolute Gasteiger partial charge is 0.0463 e. The van der Waals surface area contributed by atoms with E-state index in [0.29, 0.717) is 0 Å². The lowest BCUT2D eigenvalue weighted by atomic mass is 10.0. The molecule has 10 aromatic carbocycles. The molecule has 0 saturated carbocycles. The minimum atomic E-state index is 1.06. The van der Waals surface area contributed by atoms with E-state index in [-0.39, 0.29) is 0 Å². The molecule has 0 amide bonds. The molecule has 66 heavy (non-hydrogen) atoms. The third-order valence-electron chi connectivity index (χ3n) is 12.0. The molecule has 0 spiro atoms. The van der Waals surface area contributed by atoms with Gasteiger partial charge >= 0.3 is 0 Å². The molecule has 4 heteroatoms. The van der Waals surface area contributed by atoms with Crippen LogP contribution < -0.4 is 19.6 Å². The fraction of sp³-hybridized carbons (Fsp3) is 0.0323. The maximum Gasteiger partial charge on any atom is 0.0463 e. The Kier molecular flexibility index (Phi) is 11.9. The molecule has 0 aliphatic rings. The number of benzene rings is 10. The summed E-state index contributed by atoms with van der Waals surface area (Å²) < 4.78 is 0. The van der Waals surface area contributed by atoms with E-state index in [2.05, 4.69) is 300 Å². The Hall–Kier alpha value is -8.60. The second-order valence-electron chi connectivity index (χ2n) is 16.5. The summed E-state index contributed by atoms with van der Waals surface area (Å²) in [6, 6.07) is 95.3. The molecule has 0 saturated heterocycles. The average molecular weight is 851 g/mol. The Labute approximate surface area is 389 Å². The van der Waals surface area contributed by atoms with Crippen LogP contribution in [0.3, 0.4) is 0 Å². The normalized spacial score (nSPS) is 10.9. The number of aryl methyl sites for hydroxylation is 2. The Morgan fingerprint density at radius 3 is 0.515 bits per heavy atom. The first kappa shape index (κ1) is 41.4. The van der Waals surface area contributed by atoms with E-state index in [9.17, 15) is 0 Å². The highest BCUT2D eigenvalue weighted by atomic mass is 15.2. The Bertz CT molecular complexity index is 2830. The van der Waals surface area contributed by atoms with Crippen molar-refractivity contribution >= 4 is 68.2 Å². The van der Waals surface area contributed by atoms with Crippen molar-refractivity contribution in [1.29, 1.82) is 0 Å². The van der Waals surface area contributed by atoms with E-state index in [0.717, 1.165) is 79.4 Å². The molecular weight excluding hydrogens is 801 g/mol. The van der Waals surface area contributed by atoms with Crippen LogP contribution in [0.25, 0.3) is 11.1 Å². The molecule has 0 unspecified atom stereocenters. The third kappa shape index (κ3) is 8.94. The third-order valence-corrected chi connectivity index (χ3v) is 12.0. The lowest BCUT2D eigenvalue weighted by Gasteiger charge is -2.29. The molecule has 318 valence electrons. The van der Waals surface area contributed by atoms with Gasteiger partial charge in [0, 0.05) is 68.2 Å². The second kappa shape index (κ2) is 19.0. The molecule has 0 aromatic heterocycles. The average Bonchev–Trinajstić information content (AvgIpc) is 3.38. The van der Waals surface area contributed by atoms with Crippen molar-refractivity contribution in [3.8, 4) is 11.1 Å². The van der Waals surface area contributed by atoms with Gasteiger partial charge < -0.3 is 19.6 Å². The SMILES string of the molecule is Cc1ccc(N(c2ccc(C)cc2)c2ccc(-c3ccc(N(c4ccc(N(c5ccccc5)c5ccccc5)cc4)c4ccc(N(c5ccccc5)c5ccccc5)cc4)cc3)cc2)cc1. The molecule has 0 radical (unpaired) electrons. The number of nitrogens with zero attached hydrogens (tertiary/aromatic N) is 4. The zero-order valence-electron chi connectivity index (χ0n) is 37.2. The molecule has 10 rings (SSSR count). The fourth-order valence-electron chi connectivity index (χ4n) is 8.59. The van der Waals surface area contributed by atoms with Crippen LogP contribution in [-0.4, -0.2) is 0 Å². The zero-order valence-corrected chi connectivity index (χ0v) is 37.2. The maximum absolute atomic E-state index is 2.34. The standard InChI is InChI=1S/C62H50N4/c1-47-23-31-55(32-24-47)65(56-33-25-48(2)26-34-56)57-35-27-49(28-36-57)50-29-37-58(38-30-50)66(61-43-39-59(40-44-61)63(51-15-7-3-8-16-51)52-17-9-4-10-18-52)62-45-41-60(42-46-62)64(53-19-11-5-12-20-53)54-21-13-6-14-22-54/h3-46H,1-2H3. The van der Waals surface area contributed by atoms with Crippen LogP contribution in [-0.2, 0) is 0 Å². The number of hydrogen-bond acceptors (Lipinski definition) is 4. The van der Waals surface area contributed by atoms with E-state index in [1.54, 1.807) is 0 Å².